The first-order valence-corrected chi connectivity index (χ1v) is 9.87. The number of carbonyl (C=O) groups is 1. The number of amides is 1. The van der Waals surface area contributed by atoms with Crippen molar-refractivity contribution >= 4 is 29.0 Å². The third-order valence-corrected chi connectivity index (χ3v) is 5.75. The van der Waals surface area contributed by atoms with E-state index >= 15 is 0 Å². The number of rotatable bonds is 6. The van der Waals surface area contributed by atoms with Crippen molar-refractivity contribution in [2.45, 2.75) is 37.8 Å². The maximum Gasteiger partial charge on any atom is 0.277 e. The Morgan fingerprint density at radius 1 is 1.27 bits per heavy atom. The summed E-state index contributed by atoms with van der Waals surface area (Å²) >= 11 is 2.79. The predicted octanol–water partition coefficient (Wildman–Crippen LogP) is 3.95. The van der Waals surface area contributed by atoms with Crippen molar-refractivity contribution in [3.8, 4) is 10.8 Å². The molecule has 0 unspecified atom stereocenters. The molecule has 0 aliphatic heterocycles. The van der Waals surface area contributed by atoms with Gasteiger partial charge in [0.2, 0.25) is 5.91 Å². The van der Waals surface area contributed by atoms with E-state index in [-0.39, 0.29) is 11.2 Å². The number of thiazole rings is 1. The van der Waals surface area contributed by atoms with E-state index in [1.807, 2.05) is 51.1 Å². The van der Waals surface area contributed by atoms with Crippen LogP contribution in [-0.2, 0) is 11.3 Å². The molecule has 0 spiro atoms. The molecule has 0 bridgehead atoms. The fourth-order valence-corrected chi connectivity index (χ4v) is 4.17. The summed E-state index contributed by atoms with van der Waals surface area (Å²) in [5.41, 5.74) is 1.97. The van der Waals surface area contributed by atoms with Crippen molar-refractivity contribution in [2.75, 3.05) is 7.05 Å². The van der Waals surface area contributed by atoms with Gasteiger partial charge in [0, 0.05) is 13.6 Å². The van der Waals surface area contributed by atoms with Gasteiger partial charge in [0.25, 0.3) is 11.1 Å². The molecule has 0 saturated heterocycles. The highest BCUT2D eigenvalue weighted by Crippen LogP contribution is 2.31. The number of thioether (sulfide) groups is 1. The molecule has 8 heteroatoms. The van der Waals surface area contributed by atoms with Gasteiger partial charge < -0.3 is 9.32 Å². The molecular formula is C18H20N4O2S2. The van der Waals surface area contributed by atoms with E-state index in [1.165, 1.54) is 23.1 Å². The maximum atomic E-state index is 12.6. The molecule has 6 nitrogen and oxygen atoms in total. The van der Waals surface area contributed by atoms with Crippen LogP contribution in [0.25, 0.3) is 10.8 Å². The number of hydrogen-bond acceptors (Lipinski definition) is 7. The Bertz CT molecular complexity index is 892. The molecule has 2 aromatic heterocycles. The van der Waals surface area contributed by atoms with Gasteiger partial charge in [0.1, 0.15) is 4.88 Å². The van der Waals surface area contributed by atoms with Gasteiger partial charge in [-0.3, -0.25) is 4.79 Å². The normalized spacial score (nSPS) is 12.2. The second-order valence-electron chi connectivity index (χ2n) is 5.96. The van der Waals surface area contributed by atoms with Crippen molar-refractivity contribution in [1.82, 2.24) is 20.1 Å². The Hall–Kier alpha value is -2.19. The molecule has 26 heavy (non-hydrogen) atoms. The second-order valence-corrected chi connectivity index (χ2v) is 8.46. The van der Waals surface area contributed by atoms with Gasteiger partial charge in [-0.25, -0.2) is 4.98 Å². The van der Waals surface area contributed by atoms with Gasteiger partial charge in [-0.05, 0) is 26.3 Å². The van der Waals surface area contributed by atoms with Crippen molar-refractivity contribution in [2.24, 2.45) is 0 Å². The number of aryl methyl sites for hydroxylation is 2. The molecule has 136 valence electrons. The SMILES string of the molecule is Cc1nc(C)c(-c2nnc(S[C@H](C)C(=O)N(C)Cc3ccccc3)o2)s1. The molecule has 1 amide bonds. The van der Waals surface area contributed by atoms with Crippen LogP contribution in [0.2, 0.25) is 0 Å². The highest BCUT2D eigenvalue weighted by Gasteiger charge is 2.22. The first-order valence-electron chi connectivity index (χ1n) is 8.17. The van der Waals surface area contributed by atoms with Crippen LogP contribution in [-0.4, -0.2) is 38.3 Å². The Morgan fingerprint density at radius 3 is 2.65 bits per heavy atom. The minimum Gasteiger partial charge on any atom is -0.410 e. The molecule has 3 aromatic rings. The van der Waals surface area contributed by atoms with Gasteiger partial charge in [-0.1, -0.05) is 42.1 Å². The van der Waals surface area contributed by atoms with Crippen molar-refractivity contribution in [3.05, 3.63) is 46.6 Å². The van der Waals surface area contributed by atoms with Crippen molar-refractivity contribution in [1.29, 1.82) is 0 Å². The van der Waals surface area contributed by atoms with Crippen LogP contribution in [0.15, 0.2) is 40.0 Å². The van der Waals surface area contributed by atoms with Crippen molar-refractivity contribution < 1.29 is 9.21 Å². The molecule has 2 heterocycles. The first-order chi connectivity index (χ1) is 12.4. The highest BCUT2D eigenvalue weighted by atomic mass is 32.2. The fourth-order valence-electron chi connectivity index (χ4n) is 2.53. The van der Waals surface area contributed by atoms with E-state index in [2.05, 4.69) is 15.2 Å². The van der Waals surface area contributed by atoms with Crippen LogP contribution in [0.3, 0.4) is 0 Å². The quantitative estimate of drug-likeness (QED) is 0.596. The molecule has 0 N–H and O–H groups in total. The van der Waals surface area contributed by atoms with Gasteiger partial charge in [0.05, 0.1) is 16.0 Å². The van der Waals surface area contributed by atoms with Gasteiger partial charge in [-0.2, -0.15) is 0 Å². The van der Waals surface area contributed by atoms with Gasteiger partial charge >= 0.3 is 0 Å². The number of carbonyl (C=O) groups excluding carboxylic acids is 1. The summed E-state index contributed by atoms with van der Waals surface area (Å²) in [6.07, 6.45) is 0. The van der Waals surface area contributed by atoms with E-state index in [4.69, 9.17) is 4.42 Å². The molecule has 0 radical (unpaired) electrons. The topological polar surface area (TPSA) is 72.1 Å². The summed E-state index contributed by atoms with van der Waals surface area (Å²) in [7, 11) is 1.80. The van der Waals surface area contributed by atoms with Crippen LogP contribution in [0.5, 0.6) is 0 Å². The molecular weight excluding hydrogens is 368 g/mol. The molecule has 0 fully saturated rings. The smallest absolute Gasteiger partial charge is 0.277 e. The summed E-state index contributed by atoms with van der Waals surface area (Å²) in [4.78, 5) is 19.6. The molecule has 0 aliphatic rings. The molecule has 0 aliphatic carbocycles. The Labute approximate surface area is 160 Å². The van der Waals surface area contributed by atoms with E-state index in [0.29, 0.717) is 17.7 Å². The molecule has 1 aromatic carbocycles. The highest BCUT2D eigenvalue weighted by molar-refractivity contribution is 8.00. The summed E-state index contributed by atoms with van der Waals surface area (Å²) in [6.45, 7) is 6.27. The standard InChI is InChI=1S/C18H20N4O2S2/c1-11-15(26-13(3)19-11)16-20-21-18(24-16)25-12(2)17(23)22(4)10-14-8-6-5-7-9-14/h5-9,12H,10H2,1-4H3/t12-/m1/s1. The Kier molecular flexibility index (Phi) is 5.73. The summed E-state index contributed by atoms with van der Waals surface area (Å²) in [5.74, 6) is 0.469. The number of hydrogen-bond donors (Lipinski definition) is 0. The minimum absolute atomic E-state index is 0.0171. The van der Waals surface area contributed by atoms with Crippen LogP contribution in [0.1, 0.15) is 23.2 Å². The van der Waals surface area contributed by atoms with Crippen LogP contribution in [0.4, 0.5) is 0 Å². The third-order valence-electron chi connectivity index (χ3n) is 3.77. The molecule has 3 rings (SSSR count). The molecule has 0 saturated carbocycles. The van der Waals surface area contributed by atoms with Gasteiger partial charge in [-0.15, -0.1) is 21.5 Å². The first kappa shape index (κ1) is 18.6. The van der Waals surface area contributed by atoms with Gasteiger partial charge in [0.15, 0.2) is 0 Å². The predicted molar refractivity (Wildman–Crippen MR) is 103 cm³/mol. The zero-order valence-corrected chi connectivity index (χ0v) is 16.7. The van der Waals surface area contributed by atoms with Crippen molar-refractivity contribution in [3.63, 3.8) is 0 Å². The number of aromatic nitrogens is 3. The van der Waals surface area contributed by atoms with E-state index in [9.17, 15) is 4.79 Å². The van der Waals surface area contributed by atoms with Crippen LogP contribution < -0.4 is 0 Å². The lowest BCUT2D eigenvalue weighted by Gasteiger charge is -2.20. The average Bonchev–Trinajstić information content (AvgIpc) is 3.20. The third kappa shape index (κ3) is 4.31. The lowest BCUT2D eigenvalue weighted by molar-refractivity contribution is -0.129. The van der Waals surface area contributed by atoms with E-state index in [1.54, 1.807) is 11.9 Å². The average molecular weight is 389 g/mol. The Balaban J connectivity index is 1.63. The molecule has 1 atom stereocenters. The summed E-state index contributed by atoms with van der Waals surface area (Å²) < 4.78 is 5.72. The largest absolute Gasteiger partial charge is 0.410 e. The number of nitrogens with zero attached hydrogens (tertiary/aromatic N) is 4. The van der Waals surface area contributed by atoms with Crippen LogP contribution >= 0.6 is 23.1 Å². The van der Waals surface area contributed by atoms with E-state index < -0.39 is 0 Å². The fraction of sp³-hybridized carbons (Fsp3) is 0.333. The minimum atomic E-state index is -0.318. The van der Waals surface area contributed by atoms with E-state index in [0.717, 1.165) is 21.1 Å². The zero-order chi connectivity index (χ0) is 18.7. The number of benzene rings is 1. The summed E-state index contributed by atoms with van der Waals surface area (Å²) in [5, 5.41) is 9.18. The zero-order valence-electron chi connectivity index (χ0n) is 15.1. The van der Waals surface area contributed by atoms with Crippen LogP contribution in [0, 0.1) is 13.8 Å². The maximum absolute atomic E-state index is 12.6. The Morgan fingerprint density at radius 2 is 2.00 bits per heavy atom. The second kappa shape index (κ2) is 8.01. The lowest BCUT2D eigenvalue weighted by atomic mass is 10.2. The summed E-state index contributed by atoms with van der Waals surface area (Å²) in [6, 6.07) is 9.91. The lowest BCUT2D eigenvalue weighted by Crippen LogP contribution is -2.32. The monoisotopic (exact) mass is 388 g/mol.